The summed E-state index contributed by atoms with van der Waals surface area (Å²) >= 11 is 0. The summed E-state index contributed by atoms with van der Waals surface area (Å²) in [7, 11) is 0. The van der Waals surface area contributed by atoms with Gasteiger partial charge in [-0.1, -0.05) is 38.1 Å². The van der Waals surface area contributed by atoms with Crippen molar-refractivity contribution in [2.45, 2.75) is 52.9 Å². The number of nitrogens with one attached hydrogen (secondary N) is 1. The monoisotopic (exact) mass is 279 g/mol. The molecule has 1 N–H and O–H groups in total. The number of hydrogen-bond acceptors (Lipinski definition) is 3. The first-order valence-corrected chi connectivity index (χ1v) is 7.56. The standard InChI is InChI=1S/C17H29NO2/c1-6-19-12-15(5)20-17(11-18-13(2)3)16-10-8-7-9-14(16)4/h7-10,13,15,17-18H,6,11-12H2,1-5H3. The van der Waals surface area contributed by atoms with Gasteiger partial charge in [-0.15, -0.1) is 0 Å². The number of ether oxygens (including phenoxy) is 2. The van der Waals surface area contributed by atoms with Gasteiger partial charge in [0.25, 0.3) is 0 Å². The Kier molecular flexibility index (Phi) is 7.82. The quantitative estimate of drug-likeness (QED) is 0.751. The molecule has 3 heteroatoms. The van der Waals surface area contributed by atoms with Crippen LogP contribution in [-0.4, -0.2) is 31.9 Å². The summed E-state index contributed by atoms with van der Waals surface area (Å²) < 4.78 is 11.6. The molecule has 0 heterocycles. The van der Waals surface area contributed by atoms with E-state index in [4.69, 9.17) is 9.47 Å². The van der Waals surface area contributed by atoms with E-state index in [0.717, 1.165) is 13.2 Å². The van der Waals surface area contributed by atoms with E-state index in [9.17, 15) is 0 Å². The molecule has 2 atom stereocenters. The first-order valence-electron chi connectivity index (χ1n) is 7.56. The predicted octanol–water partition coefficient (Wildman–Crippen LogP) is 3.48. The second-order valence-corrected chi connectivity index (χ2v) is 5.51. The SMILES string of the molecule is CCOCC(C)OC(CNC(C)C)c1ccccc1C. The number of benzene rings is 1. The van der Waals surface area contributed by atoms with E-state index in [1.807, 2.05) is 6.92 Å². The second-order valence-electron chi connectivity index (χ2n) is 5.51. The lowest BCUT2D eigenvalue weighted by molar-refractivity contribution is -0.0477. The molecule has 20 heavy (non-hydrogen) atoms. The molecule has 0 spiro atoms. The Hall–Kier alpha value is -0.900. The van der Waals surface area contributed by atoms with Crippen LogP contribution in [0.5, 0.6) is 0 Å². The predicted molar refractivity (Wildman–Crippen MR) is 84.1 cm³/mol. The maximum absolute atomic E-state index is 6.18. The molecule has 0 aliphatic carbocycles. The van der Waals surface area contributed by atoms with E-state index >= 15 is 0 Å². The molecule has 1 aromatic carbocycles. The molecule has 0 saturated carbocycles. The summed E-state index contributed by atoms with van der Waals surface area (Å²) in [6.45, 7) is 12.7. The average Bonchev–Trinajstić information content (AvgIpc) is 2.41. The molecule has 1 aromatic rings. The zero-order chi connectivity index (χ0) is 15.0. The minimum absolute atomic E-state index is 0.0639. The van der Waals surface area contributed by atoms with Gasteiger partial charge in [0.2, 0.25) is 0 Å². The molecule has 0 fully saturated rings. The van der Waals surface area contributed by atoms with Crippen LogP contribution in [0.1, 0.15) is 44.9 Å². The summed E-state index contributed by atoms with van der Waals surface area (Å²) in [5, 5.41) is 3.47. The van der Waals surface area contributed by atoms with E-state index in [0.29, 0.717) is 12.6 Å². The second kappa shape index (κ2) is 9.11. The Labute approximate surface area is 123 Å². The van der Waals surface area contributed by atoms with Gasteiger partial charge in [-0.2, -0.15) is 0 Å². The Morgan fingerprint density at radius 3 is 2.45 bits per heavy atom. The van der Waals surface area contributed by atoms with Crippen molar-refractivity contribution in [3.05, 3.63) is 35.4 Å². The fraction of sp³-hybridized carbons (Fsp3) is 0.647. The molecule has 0 bridgehead atoms. The molecule has 2 unspecified atom stereocenters. The lowest BCUT2D eigenvalue weighted by Crippen LogP contribution is -2.32. The molecular weight excluding hydrogens is 250 g/mol. The zero-order valence-electron chi connectivity index (χ0n) is 13.5. The highest BCUT2D eigenvalue weighted by molar-refractivity contribution is 5.28. The van der Waals surface area contributed by atoms with Crippen molar-refractivity contribution in [1.29, 1.82) is 0 Å². The van der Waals surface area contributed by atoms with Crippen LogP contribution in [0.25, 0.3) is 0 Å². The van der Waals surface area contributed by atoms with Gasteiger partial charge >= 0.3 is 0 Å². The average molecular weight is 279 g/mol. The smallest absolute Gasteiger partial charge is 0.0956 e. The molecule has 114 valence electrons. The summed E-state index contributed by atoms with van der Waals surface area (Å²) in [6, 6.07) is 8.87. The summed E-state index contributed by atoms with van der Waals surface area (Å²) in [6.07, 6.45) is 0.155. The minimum Gasteiger partial charge on any atom is -0.379 e. The highest BCUT2D eigenvalue weighted by Crippen LogP contribution is 2.22. The van der Waals surface area contributed by atoms with Crippen LogP contribution in [0, 0.1) is 6.92 Å². The summed E-state index contributed by atoms with van der Waals surface area (Å²) in [5.41, 5.74) is 2.52. The zero-order valence-corrected chi connectivity index (χ0v) is 13.5. The van der Waals surface area contributed by atoms with E-state index in [1.165, 1.54) is 11.1 Å². The maximum atomic E-state index is 6.18. The van der Waals surface area contributed by atoms with Gasteiger partial charge in [-0.3, -0.25) is 0 Å². The molecular formula is C17H29NO2. The van der Waals surface area contributed by atoms with Gasteiger partial charge in [-0.05, 0) is 31.9 Å². The molecule has 0 aliphatic heterocycles. The molecule has 1 rings (SSSR count). The van der Waals surface area contributed by atoms with Gasteiger partial charge in [0.1, 0.15) is 0 Å². The van der Waals surface area contributed by atoms with E-state index in [2.05, 4.69) is 57.3 Å². The maximum Gasteiger partial charge on any atom is 0.0956 e. The van der Waals surface area contributed by atoms with Crippen LogP contribution in [0.15, 0.2) is 24.3 Å². The van der Waals surface area contributed by atoms with Crippen LogP contribution >= 0.6 is 0 Å². The lowest BCUT2D eigenvalue weighted by atomic mass is 10.0. The van der Waals surface area contributed by atoms with E-state index in [1.54, 1.807) is 0 Å². The van der Waals surface area contributed by atoms with Gasteiger partial charge in [0.05, 0.1) is 18.8 Å². The third-order valence-corrected chi connectivity index (χ3v) is 3.20. The lowest BCUT2D eigenvalue weighted by Gasteiger charge is -2.25. The number of rotatable bonds is 9. The third-order valence-electron chi connectivity index (χ3n) is 3.20. The Morgan fingerprint density at radius 2 is 1.85 bits per heavy atom. The van der Waals surface area contributed by atoms with Crippen LogP contribution in [0.3, 0.4) is 0 Å². The first-order chi connectivity index (χ1) is 9.54. The van der Waals surface area contributed by atoms with Crippen molar-refractivity contribution in [3.63, 3.8) is 0 Å². The van der Waals surface area contributed by atoms with Crippen molar-refractivity contribution in [3.8, 4) is 0 Å². The number of aryl methyl sites for hydroxylation is 1. The van der Waals surface area contributed by atoms with Gasteiger partial charge in [0.15, 0.2) is 0 Å². The minimum atomic E-state index is 0.0639. The number of hydrogen-bond donors (Lipinski definition) is 1. The molecule has 0 amide bonds. The van der Waals surface area contributed by atoms with E-state index < -0.39 is 0 Å². The molecule has 0 radical (unpaired) electrons. The van der Waals surface area contributed by atoms with Crippen molar-refractivity contribution < 1.29 is 9.47 Å². The fourth-order valence-corrected chi connectivity index (χ4v) is 2.13. The van der Waals surface area contributed by atoms with Gasteiger partial charge in [0, 0.05) is 19.2 Å². The Balaban J connectivity index is 2.72. The molecule has 0 aromatic heterocycles. The van der Waals surface area contributed by atoms with Crippen LogP contribution in [0.4, 0.5) is 0 Å². The summed E-state index contributed by atoms with van der Waals surface area (Å²) in [5.74, 6) is 0. The van der Waals surface area contributed by atoms with Gasteiger partial charge < -0.3 is 14.8 Å². The third kappa shape index (κ3) is 6.04. The Bertz CT molecular complexity index is 379. The summed E-state index contributed by atoms with van der Waals surface area (Å²) in [4.78, 5) is 0. The van der Waals surface area contributed by atoms with Crippen LogP contribution in [-0.2, 0) is 9.47 Å². The van der Waals surface area contributed by atoms with E-state index in [-0.39, 0.29) is 12.2 Å². The molecule has 0 aliphatic rings. The van der Waals surface area contributed by atoms with Crippen LogP contribution < -0.4 is 5.32 Å². The Morgan fingerprint density at radius 1 is 1.15 bits per heavy atom. The van der Waals surface area contributed by atoms with Crippen LogP contribution in [0.2, 0.25) is 0 Å². The highest BCUT2D eigenvalue weighted by atomic mass is 16.5. The fourth-order valence-electron chi connectivity index (χ4n) is 2.13. The molecule has 3 nitrogen and oxygen atoms in total. The van der Waals surface area contributed by atoms with Crippen molar-refractivity contribution in [2.24, 2.45) is 0 Å². The van der Waals surface area contributed by atoms with Crippen molar-refractivity contribution >= 4 is 0 Å². The topological polar surface area (TPSA) is 30.5 Å². The van der Waals surface area contributed by atoms with Gasteiger partial charge in [-0.25, -0.2) is 0 Å². The highest BCUT2D eigenvalue weighted by Gasteiger charge is 2.17. The molecule has 0 saturated heterocycles. The largest absolute Gasteiger partial charge is 0.379 e. The van der Waals surface area contributed by atoms with Crippen molar-refractivity contribution in [2.75, 3.05) is 19.8 Å². The first kappa shape index (κ1) is 17.2. The van der Waals surface area contributed by atoms with Crippen molar-refractivity contribution in [1.82, 2.24) is 5.32 Å². The normalized spacial score (nSPS) is 14.5.